The second-order valence-electron chi connectivity index (χ2n) is 8.92. The van der Waals surface area contributed by atoms with Crippen molar-refractivity contribution in [2.45, 2.75) is 72.5 Å². The van der Waals surface area contributed by atoms with Gasteiger partial charge in [0.2, 0.25) is 11.9 Å². The van der Waals surface area contributed by atoms with E-state index in [4.69, 9.17) is 9.47 Å². The lowest BCUT2D eigenvalue weighted by Crippen LogP contribution is -2.47. The number of likely N-dealkylation sites (N-methyl/N-ethyl adjacent to an activating group) is 1. The summed E-state index contributed by atoms with van der Waals surface area (Å²) in [7, 11) is 1.82. The predicted octanol–water partition coefficient (Wildman–Crippen LogP) is 2.14. The molecule has 30 heavy (non-hydrogen) atoms. The van der Waals surface area contributed by atoms with Crippen LogP contribution in [-0.2, 0) is 14.3 Å². The summed E-state index contributed by atoms with van der Waals surface area (Å²) in [6.45, 7) is 13.8. The third-order valence-corrected chi connectivity index (χ3v) is 3.43. The number of nitrogens with one attached hydrogen (secondary N) is 4. The average Bonchev–Trinajstić information content (AvgIpc) is 2.54. The van der Waals surface area contributed by atoms with E-state index in [9.17, 15) is 14.4 Å². The molecule has 0 aromatic heterocycles. The van der Waals surface area contributed by atoms with Crippen LogP contribution in [0.1, 0.15) is 61.3 Å². The molecule has 0 heterocycles. The number of hydrogen-bond donors (Lipinski definition) is 4. The summed E-state index contributed by atoms with van der Waals surface area (Å²) in [4.78, 5) is 40.3. The predicted molar refractivity (Wildman–Crippen MR) is 116 cm³/mol. The van der Waals surface area contributed by atoms with E-state index in [0.717, 1.165) is 0 Å². The molecule has 174 valence electrons. The highest BCUT2D eigenvalue weighted by Crippen LogP contribution is 2.08. The summed E-state index contributed by atoms with van der Waals surface area (Å²) in [5.41, 5.74) is -1.39. The van der Waals surface area contributed by atoms with Crippen molar-refractivity contribution in [2.75, 3.05) is 26.7 Å². The van der Waals surface area contributed by atoms with Crippen LogP contribution in [0.2, 0.25) is 0 Å². The number of nitrogens with zero attached hydrogens (tertiary/aromatic N) is 1. The highest BCUT2D eigenvalue weighted by atomic mass is 16.6. The molecule has 3 amide bonds. The molecule has 0 saturated heterocycles. The van der Waals surface area contributed by atoms with Crippen LogP contribution in [0.15, 0.2) is 4.99 Å². The Morgan fingerprint density at radius 2 is 1.40 bits per heavy atom. The normalized spacial score (nSPS) is 12.4. The van der Waals surface area contributed by atoms with E-state index >= 15 is 0 Å². The molecular formula is C20H39N5O5. The molecule has 0 radical (unpaired) electrons. The van der Waals surface area contributed by atoms with Crippen LogP contribution in [0.5, 0.6) is 0 Å². The fourth-order valence-corrected chi connectivity index (χ4v) is 2.12. The molecule has 0 spiro atoms. The molecule has 0 bridgehead atoms. The van der Waals surface area contributed by atoms with Crippen molar-refractivity contribution in [1.29, 1.82) is 0 Å². The van der Waals surface area contributed by atoms with Gasteiger partial charge in [0.1, 0.15) is 11.2 Å². The van der Waals surface area contributed by atoms with E-state index in [0.29, 0.717) is 32.5 Å². The van der Waals surface area contributed by atoms with Gasteiger partial charge in [-0.2, -0.15) is 0 Å². The van der Waals surface area contributed by atoms with Gasteiger partial charge in [-0.05, 0) is 61.4 Å². The van der Waals surface area contributed by atoms with Gasteiger partial charge in [-0.15, -0.1) is 0 Å². The molecule has 0 aliphatic rings. The summed E-state index contributed by atoms with van der Waals surface area (Å²) in [5.74, 6) is -0.254. The van der Waals surface area contributed by atoms with Gasteiger partial charge >= 0.3 is 12.2 Å². The Balaban J connectivity index is 4.80. The zero-order valence-electron chi connectivity index (χ0n) is 19.6. The summed E-state index contributed by atoms with van der Waals surface area (Å²) in [6, 6.07) is 0. The first-order valence-corrected chi connectivity index (χ1v) is 10.2. The Kier molecular flexibility index (Phi) is 12.0. The number of rotatable bonds is 8. The molecule has 0 aliphatic carbocycles. The maximum Gasteiger partial charge on any atom is 0.414 e. The third-order valence-electron chi connectivity index (χ3n) is 3.43. The topological polar surface area (TPSA) is 130 Å². The minimum Gasteiger partial charge on any atom is -0.444 e. The van der Waals surface area contributed by atoms with Gasteiger partial charge in [-0.3, -0.25) is 20.4 Å². The van der Waals surface area contributed by atoms with Crippen molar-refractivity contribution in [2.24, 2.45) is 10.9 Å². The maximum absolute atomic E-state index is 12.0. The average molecular weight is 430 g/mol. The quantitative estimate of drug-likeness (QED) is 0.266. The van der Waals surface area contributed by atoms with E-state index in [2.05, 4.69) is 26.3 Å². The van der Waals surface area contributed by atoms with Crippen molar-refractivity contribution in [3.63, 3.8) is 0 Å². The number of carbonyl (C=O) groups excluding carboxylic acids is 3. The first-order chi connectivity index (χ1) is 13.7. The van der Waals surface area contributed by atoms with Crippen LogP contribution in [0, 0.1) is 5.92 Å². The second-order valence-corrected chi connectivity index (χ2v) is 8.92. The molecule has 0 unspecified atom stereocenters. The fraction of sp³-hybridized carbons (Fsp3) is 0.800. The van der Waals surface area contributed by atoms with Crippen LogP contribution in [0.25, 0.3) is 0 Å². The molecule has 0 aliphatic heterocycles. The van der Waals surface area contributed by atoms with Gasteiger partial charge in [0.05, 0.1) is 0 Å². The van der Waals surface area contributed by atoms with Crippen LogP contribution in [-0.4, -0.2) is 61.9 Å². The number of hydrogen-bond acceptors (Lipinski definition) is 7. The molecule has 4 N–H and O–H groups in total. The first-order valence-electron chi connectivity index (χ1n) is 10.2. The van der Waals surface area contributed by atoms with Crippen molar-refractivity contribution in [1.82, 2.24) is 21.3 Å². The van der Waals surface area contributed by atoms with Crippen LogP contribution in [0.4, 0.5) is 9.59 Å². The molecule has 0 rings (SSSR count). The largest absolute Gasteiger partial charge is 0.444 e. The Hall–Kier alpha value is -2.36. The first kappa shape index (κ1) is 27.6. The van der Waals surface area contributed by atoms with Crippen LogP contribution < -0.4 is 21.3 Å². The molecule has 0 fully saturated rings. The number of aliphatic imine (C=N–C) groups is 1. The van der Waals surface area contributed by atoms with Crippen molar-refractivity contribution in [3.05, 3.63) is 0 Å². The van der Waals surface area contributed by atoms with E-state index in [-0.39, 0.29) is 17.8 Å². The third kappa shape index (κ3) is 15.5. The summed E-state index contributed by atoms with van der Waals surface area (Å²) >= 11 is 0. The van der Waals surface area contributed by atoms with E-state index in [1.54, 1.807) is 41.5 Å². The Bertz CT molecular complexity index is 561. The summed E-state index contributed by atoms with van der Waals surface area (Å²) in [6.07, 6.45) is -0.277. The van der Waals surface area contributed by atoms with Crippen molar-refractivity contribution in [3.8, 4) is 0 Å². The Labute approximate surface area is 179 Å². The standard InChI is InChI=1S/C20H39N5O5/c1-14(15(26)22-13-12-21-8)10-9-11-23-16(24-17(27)29-19(2,3)4)25-18(28)30-20(5,6)7/h14,21H,9-13H2,1-8H3,(H,22,26)(H2,23,24,25,27,28)/t14-/m0/s1. The number of alkyl carbamates (subject to hydrolysis) is 2. The van der Waals surface area contributed by atoms with E-state index in [1.807, 2.05) is 14.0 Å². The molecule has 1 atom stereocenters. The highest BCUT2D eigenvalue weighted by Gasteiger charge is 2.21. The lowest BCUT2D eigenvalue weighted by molar-refractivity contribution is -0.124. The molecule has 10 heteroatoms. The van der Waals surface area contributed by atoms with Crippen LogP contribution >= 0.6 is 0 Å². The molecule has 0 saturated carbocycles. The number of carbonyl (C=O) groups is 3. The van der Waals surface area contributed by atoms with Crippen LogP contribution in [0.3, 0.4) is 0 Å². The Morgan fingerprint density at radius 3 is 1.83 bits per heavy atom. The van der Waals surface area contributed by atoms with Crippen molar-refractivity contribution >= 4 is 24.1 Å². The zero-order valence-corrected chi connectivity index (χ0v) is 19.6. The molecule has 10 nitrogen and oxygen atoms in total. The second kappa shape index (κ2) is 13.0. The van der Waals surface area contributed by atoms with Gasteiger partial charge in [-0.25, -0.2) is 9.59 Å². The number of guanidine groups is 1. The monoisotopic (exact) mass is 429 g/mol. The molecule has 0 aromatic rings. The zero-order chi connectivity index (χ0) is 23.4. The smallest absolute Gasteiger partial charge is 0.414 e. The lowest BCUT2D eigenvalue weighted by Gasteiger charge is -2.22. The van der Waals surface area contributed by atoms with Gasteiger partial charge < -0.3 is 20.1 Å². The number of amides is 3. The number of ether oxygens (including phenoxy) is 2. The van der Waals surface area contributed by atoms with E-state index in [1.165, 1.54) is 0 Å². The highest BCUT2D eigenvalue weighted by molar-refractivity contribution is 6.01. The fourth-order valence-electron chi connectivity index (χ4n) is 2.12. The van der Waals surface area contributed by atoms with Gasteiger partial charge in [0.25, 0.3) is 0 Å². The SMILES string of the molecule is CNCCNC(=O)[C@@H](C)CCCN=C(NC(=O)OC(C)(C)C)NC(=O)OC(C)(C)C. The minimum absolute atomic E-state index is 0.0202. The summed E-state index contributed by atoms with van der Waals surface area (Å²) < 4.78 is 10.4. The van der Waals surface area contributed by atoms with Gasteiger partial charge in [0, 0.05) is 25.6 Å². The van der Waals surface area contributed by atoms with Gasteiger partial charge in [-0.1, -0.05) is 6.92 Å². The maximum atomic E-state index is 12.0. The summed E-state index contributed by atoms with van der Waals surface area (Å²) in [5, 5.41) is 10.7. The van der Waals surface area contributed by atoms with E-state index < -0.39 is 23.4 Å². The minimum atomic E-state index is -0.741. The molecule has 0 aromatic carbocycles. The van der Waals surface area contributed by atoms with Gasteiger partial charge in [0.15, 0.2) is 0 Å². The molecular weight excluding hydrogens is 390 g/mol. The Morgan fingerprint density at radius 1 is 0.900 bits per heavy atom. The van der Waals surface area contributed by atoms with Crippen molar-refractivity contribution < 1.29 is 23.9 Å². The lowest BCUT2D eigenvalue weighted by atomic mass is 10.1.